The number of likely N-dealkylation sites (tertiary alicyclic amines) is 1. The summed E-state index contributed by atoms with van der Waals surface area (Å²) in [6.07, 6.45) is 3.61. The predicted molar refractivity (Wildman–Crippen MR) is 101 cm³/mol. The van der Waals surface area contributed by atoms with Crippen LogP contribution in [0.5, 0.6) is 0 Å². The van der Waals surface area contributed by atoms with E-state index >= 15 is 0 Å². The molecule has 2 aliphatic rings. The summed E-state index contributed by atoms with van der Waals surface area (Å²) in [6, 6.07) is 13.9. The Morgan fingerprint density at radius 3 is 2.73 bits per heavy atom. The highest BCUT2D eigenvalue weighted by molar-refractivity contribution is 5.71. The van der Waals surface area contributed by atoms with Crippen LogP contribution in [0, 0.1) is 17.1 Å². The third-order valence-corrected chi connectivity index (χ3v) is 5.66. The molecule has 0 radical (unpaired) electrons. The lowest BCUT2D eigenvalue weighted by Gasteiger charge is -2.21. The molecule has 1 atom stereocenters. The van der Waals surface area contributed by atoms with Gasteiger partial charge in [-0.15, -0.1) is 0 Å². The maximum absolute atomic E-state index is 14.2. The van der Waals surface area contributed by atoms with Crippen LogP contribution in [0.2, 0.25) is 0 Å². The second kappa shape index (κ2) is 7.19. The van der Waals surface area contributed by atoms with Gasteiger partial charge in [0.05, 0.1) is 5.56 Å². The van der Waals surface area contributed by atoms with Gasteiger partial charge in [-0.2, -0.15) is 5.26 Å². The molecule has 0 unspecified atom stereocenters. The van der Waals surface area contributed by atoms with Crippen molar-refractivity contribution in [1.82, 2.24) is 10.2 Å². The summed E-state index contributed by atoms with van der Waals surface area (Å²) < 4.78 is 14.2. The highest BCUT2D eigenvalue weighted by Crippen LogP contribution is 2.46. The Hall–Kier alpha value is -2.22. The van der Waals surface area contributed by atoms with Crippen molar-refractivity contribution in [2.45, 2.75) is 37.8 Å². The summed E-state index contributed by atoms with van der Waals surface area (Å²) in [5.74, 6) is 0.149. The Labute approximate surface area is 154 Å². The number of benzene rings is 2. The fourth-order valence-corrected chi connectivity index (χ4v) is 4.08. The lowest BCUT2D eigenvalue weighted by atomic mass is 9.91. The van der Waals surface area contributed by atoms with Crippen LogP contribution in [0.3, 0.4) is 0 Å². The van der Waals surface area contributed by atoms with Gasteiger partial charge < -0.3 is 5.32 Å². The van der Waals surface area contributed by atoms with Crippen LogP contribution in [0.25, 0.3) is 11.1 Å². The maximum atomic E-state index is 14.2. The first-order chi connectivity index (χ1) is 12.7. The summed E-state index contributed by atoms with van der Waals surface area (Å²) in [6.45, 7) is 3.15. The zero-order valence-corrected chi connectivity index (χ0v) is 15.1. The number of hydrogen-bond acceptors (Lipinski definition) is 3. The van der Waals surface area contributed by atoms with E-state index in [4.69, 9.17) is 5.26 Å². The van der Waals surface area contributed by atoms with Crippen molar-refractivity contribution in [3.8, 4) is 17.2 Å². The van der Waals surface area contributed by atoms with E-state index in [2.05, 4.69) is 28.4 Å². The van der Waals surface area contributed by atoms with Gasteiger partial charge in [0.2, 0.25) is 0 Å². The summed E-state index contributed by atoms with van der Waals surface area (Å²) >= 11 is 0. The number of rotatable bonds is 5. The molecule has 2 aromatic carbocycles. The fourth-order valence-electron chi connectivity index (χ4n) is 4.08. The number of nitrogens with zero attached hydrogens (tertiary/aromatic N) is 2. The summed E-state index contributed by atoms with van der Waals surface area (Å²) in [4.78, 5) is 2.51. The Bertz CT molecular complexity index is 851. The van der Waals surface area contributed by atoms with Crippen molar-refractivity contribution >= 4 is 0 Å². The van der Waals surface area contributed by atoms with Crippen molar-refractivity contribution in [2.75, 3.05) is 20.1 Å². The summed E-state index contributed by atoms with van der Waals surface area (Å²) in [5.41, 5.74) is 4.85. The van der Waals surface area contributed by atoms with Gasteiger partial charge in [-0.05, 0) is 66.6 Å². The van der Waals surface area contributed by atoms with Gasteiger partial charge in [-0.1, -0.05) is 24.3 Å². The van der Waals surface area contributed by atoms with Crippen LogP contribution < -0.4 is 5.32 Å². The largest absolute Gasteiger partial charge is 0.316 e. The number of likely N-dealkylation sites (N-methyl/N-ethyl adjacent to an activating group) is 1. The van der Waals surface area contributed by atoms with Gasteiger partial charge in [-0.3, -0.25) is 4.90 Å². The first-order valence-corrected chi connectivity index (χ1v) is 9.41. The second-order valence-corrected chi connectivity index (χ2v) is 7.47. The molecule has 0 bridgehead atoms. The second-order valence-electron chi connectivity index (χ2n) is 7.47. The van der Waals surface area contributed by atoms with Crippen LogP contribution in [0.4, 0.5) is 4.39 Å². The number of nitriles is 1. The normalized spacial score (nSPS) is 20.3. The van der Waals surface area contributed by atoms with Crippen LogP contribution in [-0.4, -0.2) is 31.1 Å². The average Bonchev–Trinajstić information content (AvgIpc) is 3.40. The van der Waals surface area contributed by atoms with E-state index in [0.29, 0.717) is 12.0 Å². The first-order valence-electron chi connectivity index (χ1n) is 9.41. The van der Waals surface area contributed by atoms with Crippen LogP contribution in [0.1, 0.15) is 41.9 Å². The third kappa shape index (κ3) is 3.38. The predicted octanol–water partition coefficient (Wildman–Crippen LogP) is 4.04. The Kier molecular flexibility index (Phi) is 4.76. The van der Waals surface area contributed by atoms with E-state index in [1.807, 2.05) is 19.2 Å². The van der Waals surface area contributed by atoms with Gasteiger partial charge in [0, 0.05) is 25.7 Å². The highest BCUT2D eigenvalue weighted by Gasteiger charge is 2.30. The van der Waals surface area contributed by atoms with E-state index in [1.165, 1.54) is 36.5 Å². The van der Waals surface area contributed by atoms with Gasteiger partial charge in [0.25, 0.3) is 0 Å². The quantitative estimate of drug-likeness (QED) is 0.886. The lowest BCUT2D eigenvalue weighted by Crippen LogP contribution is -2.29. The van der Waals surface area contributed by atoms with Gasteiger partial charge in [0.15, 0.2) is 0 Å². The van der Waals surface area contributed by atoms with Gasteiger partial charge in [-0.25, -0.2) is 4.39 Å². The molecule has 134 valence electrons. The molecule has 0 aromatic heterocycles. The topological polar surface area (TPSA) is 39.1 Å². The third-order valence-electron chi connectivity index (χ3n) is 5.66. The first kappa shape index (κ1) is 17.2. The molecule has 3 nitrogen and oxygen atoms in total. The molecule has 4 rings (SSSR count). The van der Waals surface area contributed by atoms with Crippen molar-refractivity contribution < 1.29 is 4.39 Å². The maximum Gasteiger partial charge on any atom is 0.141 e. The Balaban J connectivity index is 1.68. The molecule has 0 amide bonds. The van der Waals surface area contributed by atoms with Crippen molar-refractivity contribution in [1.29, 1.82) is 5.26 Å². The van der Waals surface area contributed by atoms with Crippen molar-refractivity contribution in [3.05, 3.63) is 58.9 Å². The SMILES string of the molecule is CN[C@H]1CCN(Cc2cccc(-c3ccc(C#N)c(F)c3)c2C2CC2)C1. The standard InChI is InChI=1S/C22H24FN3/c1-25-19-9-10-26(14-19)13-18-3-2-4-20(22(18)15-5-6-15)16-7-8-17(12-24)21(23)11-16/h2-4,7-8,11,15,19,25H,5-6,9-10,13-14H2,1H3/t19-/m0/s1. The van der Waals surface area contributed by atoms with Gasteiger partial charge in [0.1, 0.15) is 11.9 Å². The van der Waals surface area contributed by atoms with E-state index in [1.54, 1.807) is 6.07 Å². The van der Waals surface area contributed by atoms with Crippen LogP contribution in [-0.2, 0) is 6.54 Å². The zero-order chi connectivity index (χ0) is 18.1. The molecule has 4 heteroatoms. The molecule has 1 N–H and O–H groups in total. The number of nitrogens with one attached hydrogen (secondary N) is 1. The minimum absolute atomic E-state index is 0.105. The minimum Gasteiger partial charge on any atom is -0.316 e. The molecular formula is C22H24FN3. The Morgan fingerprint density at radius 1 is 1.23 bits per heavy atom. The monoisotopic (exact) mass is 349 g/mol. The van der Waals surface area contributed by atoms with E-state index in [-0.39, 0.29) is 5.56 Å². The van der Waals surface area contributed by atoms with E-state index < -0.39 is 5.82 Å². The van der Waals surface area contributed by atoms with E-state index in [0.717, 1.165) is 30.8 Å². The minimum atomic E-state index is -0.437. The molecule has 2 aromatic rings. The number of halogens is 1. The molecule has 1 saturated carbocycles. The average molecular weight is 349 g/mol. The summed E-state index contributed by atoms with van der Waals surface area (Å²) in [5, 5.41) is 12.4. The van der Waals surface area contributed by atoms with Crippen molar-refractivity contribution in [3.63, 3.8) is 0 Å². The molecule has 1 heterocycles. The highest BCUT2D eigenvalue weighted by atomic mass is 19.1. The fraction of sp³-hybridized carbons (Fsp3) is 0.409. The van der Waals surface area contributed by atoms with Crippen molar-refractivity contribution in [2.24, 2.45) is 0 Å². The van der Waals surface area contributed by atoms with Crippen LogP contribution >= 0.6 is 0 Å². The Morgan fingerprint density at radius 2 is 2.08 bits per heavy atom. The van der Waals surface area contributed by atoms with E-state index in [9.17, 15) is 4.39 Å². The molecule has 26 heavy (non-hydrogen) atoms. The lowest BCUT2D eigenvalue weighted by molar-refractivity contribution is 0.321. The van der Waals surface area contributed by atoms with Gasteiger partial charge >= 0.3 is 0 Å². The molecule has 1 aliphatic carbocycles. The summed E-state index contributed by atoms with van der Waals surface area (Å²) in [7, 11) is 2.03. The van der Waals surface area contributed by atoms with Crippen LogP contribution in [0.15, 0.2) is 36.4 Å². The molecule has 1 aliphatic heterocycles. The molecular weight excluding hydrogens is 325 g/mol. The zero-order valence-electron chi connectivity index (χ0n) is 15.1. The molecule has 2 fully saturated rings. The molecule has 0 spiro atoms. The number of hydrogen-bond donors (Lipinski definition) is 1. The smallest absolute Gasteiger partial charge is 0.141 e. The molecule has 1 saturated heterocycles.